The van der Waals surface area contributed by atoms with Gasteiger partial charge in [0.15, 0.2) is 0 Å². The van der Waals surface area contributed by atoms with E-state index in [0.29, 0.717) is 0 Å². The zero-order chi connectivity index (χ0) is 7.56. The quantitative estimate of drug-likeness (QED) is 0.602. The van der Waals surface area contributed by atoms with Crippen molar-refractivity contribution in [2.24, 2.45) is 7.05 Å². The molecule has 0 aliphatic rings. The van der Waals surface area contributed by atoms with E-state index in [9.17, 15) is 0 Å². The molecule has 0 spiro atoms. The van der Waals surface area contributed by atoms with Crippen molar-refractivity contribution < 1.29 is 0 Å². The molecule has 0 saturated carbocycles. The van der Waals surface area contributed by atoms with Crippen LogP contribution in [0.3, 0.4) is 0 Å². The van der Waals surface area contributed by atoms with E-state index in [4.69, 9.17) is 0 Å². The number of rotatable bonds is 2. The van der Waals surface area contributed by atoms with Crippen LogP contribution in [0.1, 0.15) is 11.4 Å². The Morgan fingerprint density at radius 3 is 2.60 bits per heavy atom. The normalized spacial score (nSPS) is 9.30. The summed E-state index contributed by atoms with van der Waals surface area (Å²) >= 11 is 0. The Labute approximate surface area is 60.5 Å². The molecule has 0 unspecified atom stereocenters. The summed E-state index contributed by atoms with van der Waals surface area (Å²) in [5.74, 6) is 0. The molecule has 0 atom stereocenters. The molecule has 0 N–H and O–H groups in total. The average molecular weight is 134 g/mol. The van der Waals surface area contributed by atoms with E-state index in [-0.39, 0.29) is 0 Å². The number of nitrogens with zero attached hydrogens (tertiary/aromatic N) is 2. The molecular weight excluding hydrogens is 124 g/mol. The van der Waals surface area contributed by atoms with Gasteiger partial charge in [0.25, 0.3) is 0 Å². The lowest BCUT2D eigenvalue weighted by Gasteiger charge is -1.93. The van der Waals surface area contributed by atoms with E-state index in [1.165, 1.54) is 0 Å². The van der Waals surface area contributed by atoms with Crippen molar-refractivity contribution in [2.75, 3.05) is 0 Å². The fraction of sp³-hybridized carbons (Fsp3) is 0.125. The monoisotopic (exact) mass is 134 g/mol. The molecule has 0 saturated heterocycles. The minimum Gasteiger partial charge on any atom is -0.334 e. The second-order valence-electron chi connectivity index (χ2n) is 2.03. The first-order chi connectivity index (χ1) is 4.79. The Morgan fingerprint density at radius 2 is 2.20 bits per heavy atom. The number of aromatic nitrogens is 2. The first-order valence-electron chi connectivity index (χ1n) is 3.05. The van der Waals surface area contributed by atoms with Gasteiger partial charge in [0.1, 0.15) is 0 Å². The molecule has 2 heteroatoms. The highest BCUT2D eigenvalue weighted by molar-refractivity contribution is 5.57. The summed E-state index contributed by atoms with van der Waals surface area (Å²) in [6.45, 7) is 7.29. The van der Waals surface area contributed by atoms with Crippen molar-refractivity contribution in [1.29, 1.82) is 0 Å². The fourth-order valence-corrected chi connectivity index (χ4v) is 0.864. The lowest BCUT2D eigenvalue weighted by molar-refractivity contribution is 0.902. The van der Waals surface area contributed by atoms with Gasteiger partial charge in [-0.1, -0.05) is 13.2 Å². The highest BCUT2D eigenvalue weighted by Gasteiger charge is 1.98. The van der Waals surface area contributed by atoms with Gasteiger partial charge in [0.05, 0.1) is 17.7 Å². The van der Waals surface area contributed by atoms with Crippen LogP contribution >= 0.6 is 0 Å². The Morgan fingerprint density at radius 1 is 1.50 bits per heavy atom. The molecular formula is C8H10N2. The Hall–Kier alpha value is -1.31. The van der Waals surface area contributed by atoms with E-state index >= 15 is 0 Å². The van der Waals surface area contributed by atoms with Crippen LogP contribution in [0.5, 0.6) is 0 Å². The van der Waals surface area contributed by atoms with Gasteiger partial charge in [-0.3, -0.25) is 0 Å². The van der Waals surface area contributed by atoms with Gasteiger partial charge < -0.3 is 4.57 Å². The van der Waals surface area contributed by atoms with Crippen LogP contribution < -0.4 is 0 Å². The molecule has 0 aliphatic carbocycles. The number of hydrogen-bond acceptors (Lipinski definition) is 1. The number of imidazole rings is 1. The van der Waals surface area contributed by atoms with Gasteiger partial charge in [-0.2, -0.15) is 0 Å². The van der Waals surface area contributed by atoms with Crippen LogP contribution in [0.15, 0.2) is 19.5 Å². The molecule has 10 heavy (non-hydrogen) atoms. The third-order valence-corrected chi connectivity index (χ3v) is 1.40. The first kappa shape index (κ1) is 6.81. The summed E-state index contributed by atoms with van der Waals surface area (Å²) in [5.41, 5.74) is 1.90. The van der Waals surface area contributed by atoms with Gasteiger partial charge >= 0.3 is 0 Å². The van der Waals surface area contributed by atoms with Crippen LogP contribution in [0.4, 0.5) is 0 Å². The van der Waals surface area contributed by atoms with E-state index in [1.807, 2.05) is 11.6 Å². The molecule has 0 amide bonds. The molecule has 0 bridgehead atoms. The van der Waals surface area contributed by atoms with Gasteiger partial charge in [-0.05, 0) is 12.2 Å². The molecule has 1 aromatic rings. The van der Waals surface area contributed by atoms with Gasteiger partial charge in [0, 0.05) is 7.05 Å². The van der Waals surface area contributed by atoms with Crippen molar-refractivity contribution in [1.82, 2.24) is 9.55 Å². The van der Waals surface area contributed by atoms with Crippen LogP contribution in [-0.4, -0.2) is 9.55 Å². The first-order valence-corrected chi connectivity index (χ1v) is 3.05. The van der Waals surface area contributed by atoms with Gasteiger partial charge in [-0.15, -0.1) is 0 Å². The molecule has 1 heterocycles. The Bertz CT molecular complexity index is 258. The van der Waals surface area contributed by atoms with E-state index in [1.54, 1.807) is 18.5 Å². The zero-order valence-corrected chi connectivity index (χ0v) is 6.04. The molecule has 1 aromatic heterocycles. The SMILES string of the molecule is C=Cc1ncn(C)c1C=C. The lowest BCUT2D eigenvalue weighted by atomic mass is 10.3. The van der Waals surface area contributed by atoms with E-state index < -0.39 is 0 Å². The molecule has 52 valence electrons. The smallest absolute Gasteiger partial charge is 0.0955 e. The summed E-state index contributed by atoms with van der Waals surface area (Å²) in [6, 6.07) is 0. The second kappa shape index (κ2) is 2.52. The topological polar surface area (TPSA) is 17.8 Å². The Kier molecular flexibility index (Phi) is 1.71. The molecule has 0 aliphatic heterocycles. The summed E-state index contributed by atoms with van der Waals surface area (Å²) in [7, 11) is 1.93. The van der Waals surface area contributed by atoms with Crippen molar-refractivity contribution in [3.05, 3.63) is 30.9 Å². The highest BCUT2D eigenvalue weighted by Crippen LogP contribution is 2.07. The Balaban J connectivity index is 3.25. The minimum atomic E-state index is 0.887. The van der Waals surface area contributed by atoms with Crippen molar-refractivity contribution in [2.45, 2.75) is 0 Å². The zero-order valence-electron chi connectivity index (χ0n) is 6.04. The third-order valence-electron chi connectivity index (χ3n) is 1.40. The van der Waals surface area contributed by atoms with E-state index in [0.717, 1.165) is 11.4 Å². The van der Waals surface area contributed by atoms with Crippen LogP contribution in [0, 0.1) is 0 Å². The standard InChI is InChI=1S/C8H10N2/c1-4-7-8(5-2)10(3)6-9-7/h4-6H,1-2H2,3H3. The second-order valence-corrected chi connectivity index (χ2v) is 2.03. The fourth-order valence-electron chi connectivity index (χ4n) is 0.864. The summed E-state index contributed by atoms with van der Waals surface area (Å²) in [6.07, 6.45) is 5.23. The van der Waals surface area contributed by atoms with Gasteiger partial charge in [0.2, 0.25) is 0 Å². The maximum atomic E-state index is 4.08. The largest absolute Gasteiger partial charge is 0.334 e. The molecule has 2 nitrogen and oxygen atoms in total. The van der Waals surface area contributed by atoms with Crippen molar-refractivity contribution in [3.8, 4) is 0 Å². The van der Waals surface area contributed by atoms with Crippen molar-refractivity contribution in [3.63, 3.8) is 0 Å². The van der Waals surface area contributed by atoms with Crippen LogP contribution in [0.2, 0.25) is 0 Å². The van der Waals surface area contributed by atoms with Crippen LogP contribution in [-0.2, 0) is 7.05 Å². The number of hydrogen-bond donors (Lipinski definition) is 0. The van der Waals surface area contributed by atoms with E-state index in [2.05, 4.69) is 18.1 Å². The molecule has 1 rings (SSSR count). The molecule has 0 radical (unpaired) electrons. The predicted octanol–water partition coefficient (Wildman–Crippen LogP) is 1.71. The maximum absolute atomic E-state index is 4.08. The summed E-state index contributed by atoms with van der Waals surface area (Å²) in [5, 5.41) is 0. The van der Waals surface area contributed by atoms with Crippen molar-refractivity contribution >= 4 is 12.2 Å². The lowest BCUT2D eigenvalue weighted by Crippen LogP contribution is -1.87. The van der Waals surface area contributed by atoms with Crippen LogP contribution in [0.25, 0.3) is 12.2 Å². The molecule has 0 fully saturated rings. The highest BCUT2D eigenvalue weighted by atomic mass is 15.0. The minimum absolute atomic E-state index is 0.887. The average Bonchev–Trinajstić information content (AvgIpc) is 2.30. The maximum Gasteiger partial charge on any atom is 0.0955 e. The molecule has 0 aromatic carbocycles. The summed E-state index contributed by atoms with van der Waals surface area (Å²) in [4.78, 5) is 4.08. The number of aryl methyl sites for hydroxylation is 1. The predicted molar refractivity (Wildman–Crippen MR) is 43.4 cm³/mol. The third kappa shape index (κ3) is 0.880. The summed E-state index contributed by atoms with van der Waals surface area (Å²) < 4.78 is 1.91. The van der Waals surface area contributed by atoms with Gasteiger partial charge in [-0.25, -0.2) is 4.98 Å².